The van der Waals surface area contributed by atoms with E-state index in [0.717, 1.165) is 37.7 Å². The highest BCUT2D eigenvalue weighted by atomic mass is 16.7. The summed E-state index contributed by atoms with van der Waals surface area (Å²) in [6.45, 7) is 8.53. The number of hydrogen-bond donors (Lipinski definition) is 1. The van der Waals surface area contributed by atoms with Crippen LogP contribution >= 0.6 is 0 Å². The highest BCUT2D eigenvalue weighted by molar-refractivity contribution is 6.01. The van der Waals surface area contributed by atoms with Crippen LogP contribution in [0.25, 0.3) is 0 Å². The van der Waals surface area contributed by atoms with E-state index in [9.17, 15) is 14.7 Å². The third kappa shape index (κ3) is 3.22. The first-order valence-electron chi connectivity index (χ1n) is 13.5. The molecule has 0 amide bonds. The normalized spacial score (nSPS) is 47.9. The number of carbonyl (C=O) groups excluding carboxylic acids is 2. The molecule has 5 nitrogen and oxygen atoms in total. The van der Waals surface area contributed by atoms with E-state index in [0.29, 0.717) is 30.6 Å². The number of ketones is 2. The average Bonchev–Trinajstić information content (AvgIpc) is 3.20. The van der Waals surface area contributed by atoms with Gasteiger partial charge in [-0.25, -0.2) is 0 Å². The van der Waals surface area contributed by atoms with Crippen molar-refractivity contribution in [2.75, 3.05) is 0 Å². The van der Waals surface area contributed by atoms with E-state index in [-0.39, 0.29) is 46.6 Å². The van der Waals surface area contributed by atoms with Crippen LogP contribution in [0.2, 0.25) is 0 Å². The van der Waals surface area contributed by atoms with E-state index in [4.69, 9.17) is 9.47 Å². The monoisotopic (exact) mass is 468 g/mol. The van der Waals surface area contributed by atoms with Crippen LogP contribution in [0.1, 0.15) is 79.1 Å². The standard InChI is InChI=1S/C29H40O5/c1-27(2,3)15-23(32)29-21-14-22(31)25-19(9-8-17-12-18(30)10-11-28(17,25)4)20(21)13-24(29)33-26(34-29)16-6-5-7-16/h10-12,16,19-22,24-26,31H,5-9,13-15H2,1-4H3/t19-,20-,21?,22-,24+,25+,26+,28-,29+/m0/s1. The molecule has 0 aromatic carbocycles. The Morgan fingerprint density at radius 3 is 2.62 bits per heavy atom. The number of ether oxygens (including phenoxy) is 2. The zero-order chi connectivity index (χ0) is 24.0. The molecule has 5 fully saturated rings. The van der Waals surface area contributed by atoms with E-state index in [2.05, 4.69) is 27.7 Å². The van der Waals surface area contributed by atoms with Crippen molar-refractivity contribution in [2.24, 2.45) is 40.4 Å². The smallest absolute Gasteiger partial charge is 0.178 e. The fraction of sp³-hybridized carbons (Fsp3) is 0.793. The Balaban J connectivity index is 1.35. The summed E-state index contributed by atoms with van der Waals surface area (Å²) in [5.41, 5.74) is -0.176. The minimum atomic E-state index is -0.917. The lowest BCUT2D eigenvalue weighted by atomic mass is 9.49. The molecule has 9 atom stereocenters. The quantitative estimate of drug-likeness (QED) is 0.646. The molecule has 0 aromatic heterocycles. The maximum atomic E-state index is 14.0. The van der Waals surface area contributed by atoms with Gasteiger partial charge in [0.1, 0.15) is 0 Å². The summed E-state index contributed by atoms with van der Waals surface area (Å²) < 4.78 is 13.4. The van der Waals surface area contributed by atoms with E-state index < -0.39 is 11.7 Å². The lowest BCUT2D eigenvalue weighted by Gasteiger charge is -2.56. The number of rotatable bonds is 3. The van der Waals surface area contributed by atoms with Crippen LogP contribution in [0.5, 0.6) is 0 Å². The first-order valence-corrected chi connectivity index (χ1v) is 13.5. The molecule has 5 aliphatic carbocycles. The van der Waals surface area contributed by atoms with Gasteiger partial charge in [0, 0.05) is 29.6 Å². The Kier molecular flexibility index (Phi) is 5.17. The van der Waals surface area contributed by atoms with Crippen LogP contribution in [-0.4, -0.2) is 40.8 Å². The van der Waals surface area contributed by atoms with Gasteiger partial charge in [-0.3, -0.25) is 9.59 Å². The van der Waals surface area contributed by atoms with Gasteiger partial charge in [-0.05, 0) is 67.9 Å². The summed E-state index contributed by atoms with van der Waals surface area (Å²) in [5.74, 6) is 1.29. The van der Waals surface area contributed by atoms with Crippen LogP contribution in [-0.2, 0) is 19.1 Å². The summed E-state index contributed by atoms with van der Waals surface area (Å²) in [4.78, 5) is 26.1. The first kappa shape index (κ1) is 23.1. The molecule has 0 aromatic rings. The zero-order valence-corrected chi connectivity index (χ0v) is 21.1. The molecular weight excluding hydrogens is 428 g/mol. The fourth-order valence-corrected chi connectivity index (χ4v) is 8.58. The summed E-state index contributed by atoms with van der Waals surface area (Å²) in [6, 6.07) is 0. The van der Waals surface area contributed by atoms with Crippen molar-refractivity contribution < 1.29 is 24.2 Å². The van der Waals surface area contributed by atoms with E-state index >= 15 is 0 Å². The number of aliphatic hydroxyl groups is 1. The molecule has 1 aliphatic heterocycles. The molecule has 4 saturated carbocycles. The van der Waals surface area contributed by atoms with Gasteiger partial charge in [-0.2, -0.15) is 0 Å². The van der Waals surface area contributed by atoms with E-state index in [1.165, 1.54) is 6.42 Å². The minimum absolute atomic E-state index is 0.00277. The van der Waals surface area contributed by atoms with Gasteiger partial charge in [0.25, 0.3) is 0 Å². The molecule has 6 rings (SSSR count). The molecule has 1 saturated heterocycles. The topological polar surface area (TPSA) is 72.8 Å². The van der Waals surface area contributed by atoms with Crippen molar-refractivity contribution in [1.82, 2.24) is 0 Å². The van der Waals surface area contributed by atoms with Crippen LogP contribution < -0.4 is 0 Å². The largest absolute Gasteiger partial charge is 0.393 e. The van der Waals surface area contributed by atoms with Crippen molar-refractivity contribution in [1.29, 1.82) is 0 Å². The van der Waals surface area contributed by atoms with Crippen molar-refractivity contribution in [3.05, 3.63) is 23.8 Å². The Hall–Kier alpha value is -1.30. The number of aliphatic hydroxyl groups excluding tert-OH is 1. The predicted molar refractivity (Wildman–Crippen MR) is 128 cm³/mol. The van der Waals surface area contributed by atoms with Gasteiger partial charge in [0.15, 0.2) is 23.5 Å². The number of Topliss-reactive ketones (excluding diaryl/α,β-unsaturated/α-hetero) is 1. The molecular formula is C29H40O5. The van der Waals surface area contributed by atoms with Crippen molar-refractivity contribution in [3.8, 4) is 0 Å². The molecule has 0 bridgehead atoms. The maximum Gasteiger partial charge on any atom is 0.178 e. The summed E-state index contributed by atoms with van der Waals surface area (Å²) in [6.07, 6.45) is 11.7. The maximum absolute atomic E-state index is 14.0. The third-order valence-corrected chi connectivity index (χ3v) is 10.3. The van der Waals surface area contributed by atoms with Crippen LogP contribution in [0.4, 0.5) is 0 Å². The van der Waals surface area contributed by atoms with Gasteiger partial charge >= 0.3 is 0 Å². The molecule has 6 aliphatic rings. The molecule has 1 heterocycles. The second-order valence-corrected chi connectivity index (χ2v) is 13.5. The number of allylic oxidation sites excluding steroid dienone is 4. The van der Waals surface area contributed by atoms with Crippen molar-refractivity contribution >= 4 is 11.6 Å². The van der Waals surface area contributed by atoms with E-state index in [1.807, 2.05) is 6.08 Å². The summed E-state index contributed by atoms with van der Waals surface area (Å²) in [7, 11) is 0. The molecule has 0 radical (unpaired) electrons. The third-order valence-electron chi connectivity index (χ3n) is 10.3. The summed E-state index contributed by atoms with van der Waals surface area (Å²) in [5, 5.41) is 11.6. The van der Waals surface area contributed by atoms with Crippen LogP contribution in [0, 0.1) is 40.4 Å². The molecule has 186 valence electrons. The second kappa shape index (κ2) is 7.60. The Bertz CT molecular complexity index is 954. The van der Waals surface area contributed by atoms with Crippen LogP contribution in [0.3, 0.4) is 0 Å². The van der Waals surface area contributed by atoms with E-state index in [1.54, 1.807) is 12.2 Å². The van der Waals surface area contributed by atoms with Crippen LogP contribution in [0.15, 0.2) is 23.8 Å². The molecule has 1 unspecified atom stereocenters. The van der Waals surface area contributed by atoms with Crippen molar-refractivity contribution in [2.45, 2.75) is 103 Å². The van der Waals surface area contributed by atoms with Crippen molar-refractivity contribution in [3.63, 3.8) is 0 Å². The Labute approximate surface area is 203 Å². The van der Waals surface area contributed by atoms with Gasteiger partial charge < -0.3 is 14.6 Å². The molecule has 0 spiro atoms. The Morgan fingerprint density at radius 1 is 1.18 bits per heavy atom. The second-order valence-electron chi connectivity index (χ2n) is 13.5. The predicted octanol–water partition coefficient (Wildman–Crippen LogP) is 4.77. The lowest BCUT2D eigenvalue weighted by molar-refractivity contribution is -0.188. The SMILES string of the molecule is CC(C)(C)CC(=O)[C@@]12O[C@H](C3CCC3)O[C@@H]1C[C@@H]1C2C[C@H](O)[C@H]2[C@H]1CCC1=CC(=O)C=C[C@@]12C. The molecule has 34 heavy (non-hydrogen) atoms. The van der Waals surface area contributed by atoms with Gasteiger partial charge in [0.05, 0.1) is 12.2 Å². The zero-order valence-electron chi connectivity index (χ0n) is 21.1. The number of fused-ring (bicyclic) bond motifs is 7. The number of carbonyl (C=O) groups is 2. The minimum Gasteiger partial charge on any atom is -0.393 e. The van der Waals surface area contributed by atoms with Gasteiger partial charge in [-0.15, -0.1) is 0 Å². The Morgan fingerprint density at radius 2 is 1.94 bits per heavy atom. The average molecular weight is 469 g/mol. The fourth-order valence-electron chi connectivity index (χ4n) is 8.58. The lowest BCUT2D eigenvalue weighted by Crippen LogP contribution is -2.58. The molecule has 5 heteroatoms. The summed E-state index contributed by atoms with van der Waals surface area (Å²) >= 11 is 0. The van der Waals surface area contributed by atoms with Gasteiger partial charge in [-0.1, -0.05) is 45.8 Å². The highest BCUT2D eigenvalue weighted by Gasteiger charge is 2.71. The number of hydrogen-bond acceptors (Lipinski definition) is 5. The first-order chi connectivity index (χ1) is 16.0. The highest BCUT2D eigenvalue weighted by Crippen LogP contribution is 2.65. The molecule has 1 N–H and O–H groups in total. The van der Waals surface area contributed by atoms with Gasteiger partial charge in [0.2, 0.25) is 0 Å².